The van der Waals surface area contributed by atoms with Gasteiger partial charge >= 0.3 is 0 Å². The lowest BCUT2D eigenvalue weighted by Crippen LogP contribution is -2.01. The van der Waals surface area contributed by atoms with E-state index < -0.39 is 0 Å². The number of benzene rings is 10. The van der Waals surface area contributed by atoms with Crippen molar-refractivity contribution in [2.75, 3.05) is 0 Å². The highest BCUT2D eigenvalue weighted by atomic mass is 16.3. The standard InChI is InChI=1S/C63H40N4O/c1-6-18-41(19-7-1)47-34-48(42-20-8-2-9-21-42)36-49(35-47)45-30-32-51(56(37-45)63-65-61(43-22-10-3-11-23-43)64-62(66-63)44-24-12-4-13-25-44)46-31-33-53-55-39-54-52-28-16-17-29-57(52)67(50-26-14-5-15-27-50)58(54)40-60(55)68-59(53)38-46/h1-40H. The van der Waals surface area contributed by atoms with Crippen molar-refractivity contribution in [3.63, 3.8) is 0 Å². The number of furan rings is 1. The first-order chi connectivity index (χ1) is 33.7. The minimum Gasteiger partial charge on any atom is -0.456 e. The molecule has 0 radical (unpaired) electrons. The average molecular weight is 869 g/mol. The van der Waals surface area contributed by atoms with Crippen molar-refractivity contribution >= 4 is 43.7 Å². The highest BCUT2D eigenvalue weighted by Crippen LogP contribution is 2.42. The fraction of sp³-hybridized carbons (Fsp3) is 0. The van der Waals surface area contributed by atoms with Gasteiger partial charge in [-0.15, -0.1) is 0 Å². The van der Waals surface area contributed by atoms with Gasteiger partial charge in [0.25, 0.3) is 0 Å². The van der Waals surface area contributed by atoms with Gasteiger partial charge in [-0.3, -0.25) is 0 Å². The monoisotopic (exact) mass is 868 g/mol. The molecule has 318 valence electrons. The lowest BCUT2D eigenvalue weighted by molar-refractivity contribution is 0.669. The first-order valence-electron chi connectivity index (χ1n) is 22.9. The Hall–Kier alpha value is -9.19. The van der Waals surface area contributed by atoms with Crippen LogP contribution in [0.1, 0.15) is 0 Å². The Bertz CT molecular complexity index is 3880. The van der Waals surface area contributed by atoms with Crippen LogP contribution in [0, 0.1) is 0 Å². The molecule has 0 fully saturated rings. The van der Waals surface area contributed by atoms with Crippen LogP contribution in [0.15, 0.2) is 247 Å². The predicted molar refractivity (Wildman–Crippen MR) is 279 cm³/mol. The van der Waals surface area contributed by atoms with Crippen LogP contribution < -0.4 is 0 Å². The van der Waals surface area contributed by atoms with Crippen molar-refractivity contribution in [1.29, 1.82) is 0 Å². The summed E-state index contributed by atoms with van der Waals surface area (Å²) in [5.41, 5.74) is 16.4. The molecular weight excluding hydrogens is 829 g/mol. The van der Waals surface area contributed by atoms with Crippen LogP contribution in [0.4, 0.5) is 0 Å². The van der Waals surface area contributed by atoms with Crippen molar-refractivity contribution in [2.24, 2.45) is 0 Å². The summed E-state index contributed by atoms with van der Waals surface area (Å²) in [7, 11) is 0. The summed E-state index contributed by atoms with van der Waals surface area (Å²) in [6.45, 7) is 0. The van der Waals surface area contributed by atoms with Crippen LogP contribution in [0.25, 0.3) is 128 Å². The first-order valence-corrected chi connectivity index (χ1v) is 22.9. The van der Waals surface area contributed by atoms with Crippen LogP contribution in [-0.4, -0.2) is 19.5 Å². The molecule has 0 atom stereocenters. The van der Waals surface area contributed by atoms with Crippen LogP contribution in [0.5, 0.6) is 0 Å². The summed E-state index contributed by atoms with van der Waals surface area (Å²) in [5.74, 6) is 1.79. The van der Waals surface area contributed by atoms with E-state index in [1.165, 1.54) is 10.8 Å². The molecule has 5 nitrogen and oxygen atoms in total. The zero-order valence-electron chi connectivity index (χ0n) is 36.8. The molecule has 0 unspecified atom stereocenters. The van der Waals surface area contributed by atoms with E-state index in [-0.39, 0.29) is 0 Å². The van der Waals surface area contributed by atoms with Crippen molar-refractivity contribution in [2.45, 2.75) is 0 Å². The van der Waals surface area contributed by atoms with E-state index in [9.17, 15) is 0 Å². The molecule has 0 aliphatic carbocycles. The van der Waals surface area contributed by atoms with Gasteiger partial charge in [0.15, 0.2) is 17.5 Å². The highest BCUT2D eigenvalue weighted by Gasteiger charge is 2.21. The quantitative estimate of drug-likeness (QED) is 0.153. The number of hydrogen-bond donors (Lipinski definition) is 0. The minimum absolute atomic E-state index is 0.581. The molecule has 0 bridgehead atoms. The summed E-state index contributed by atoms with van der Waals surface area (Å²) >= 11 is 0. The highest BCUT2D eigenvalue weighted by molar-refractivity contribution is 6.17. The zero-order valence-corrected chi connectivity index (χ0v) is 36.8. The third-order valence-electron chi connectivity index (χ3n) is 13.0. The maximum Gasteiger partial charge on any atom is 0.164 e. The van der Waals surface area contributed by atoms with Crippen molar-refractivity contribution in [3.8, 4) is 84.4 Å². The molecule has 0 N–H and O–H groups in total. The number of aromatic nitrogens is 4. The minimum atomic E-state index is 0.581. The molecule has 5 heteroatoms. The normalized spacial score (nSPS) is 11.5. The largest absolute Gasteiger partial charge is 0.456 e. The first kappa shape index (κ1) is 39.2. The van der Waals surface area contributed by atoms with Crippen LogP contribution >= 0.6 is 0 Å². The molecule has 3 heterocycles. The molecule has 0 saturated heterocycles. The Balaban J connectivity index is 1.03. The van der Waals surface area contributed by atoms with Crippen molar-refractivity contribution in [3.05, 3.63) is 243 Å². The Labute approximate surface area is 392 Å². The van der Waals surface area contributed by atoms with E-state index >= 15 is 0 Å². The van der Waals surface area contributed by atoms with E-state index in [1.807, 2.05) is 36.4 Å². The smallest absolute Gasteiger partial charge is 0.164 e. The van der Waals surface area contributed by atoms with Gasteiger partial charge in [-0.2, -0.15) is 0 Å². The third-order valence-corrected chi connectivity index (χ3v) is 13.0. The van der Waals surface area contributed by atoms with E-state index in [4.69, 9.17) is 19.4 Å². The van der Waals surface area contributed by atoms with Gasteiger partial charge in [-0.25, -0.2) is 15.0 Å². The number of rotatable bonds is 8. The zero-order chi connectivity index (χ0) is 45.0. The molecule has 0 aliphatic heterocycles. The van der Waals surface area contributed by atoms with Crippen LogP contribution in [-0.2, 0) is 0 Å². The Morgan fingerprint density at radius 2 is 0.765 bits per heavy atom. The van der Waals surface area contributed by atoms with Crippen LogP contribution in [0.2, 0.25) is 0 Å². The molecular formula is C63H40N4O. The van der Waals surface area contributed by atoms with Gasteiger partial charge < -0.3 is 8.98 Å². The average Bonchev–Trinajstić information content (AvgIpc) is 3.95. The SMILES string of the molecule is c1ccc(-c2cc(-c3ccccc3)cc(-c3ccc(-c4ccc5c(c4)oc4cc6c(cc45)c4ccccc4n6-c4ccccc4)c(-c4nc(-c5ccccc5)nc(-c5ccccc5)n4)c3)c2)cc1. The van der Waals surface area contributed by atoms with Gasteiger partial charge in [0.2, 0.25) is 0 Å². The van der Waals surface area contributed by atoms with E-state index in [0.29, 0.717) is 17.5 Å². The summed E-state index contributed by atoms with van der Waals surface area (Å²) in [4.78, 5) is 15.6. The Kier molecular flexibility index (Phi) is 9.43. The molecule has 0 spiro atoms. The number of nitrogens with zero attached hydrogens (tertiary/aromatic N) is 4. The Morgan fingerprint density at radius 1 is 0.265 bits per heavy atom. The van der Waals surface area contributed by atoms with E-state index in [1.54, 1.807) is 0 Å². The van der Waals surface area contributed by atoms with E-state index in [0.717, 1.165) is 99.9 Å². The third kappa shape index (κ3) is 6.93. The summed E-state index contributed by atoms with van der Waals surface area (Å²) in [6.07, 6.45) is 0. The second-order valence-electron chi connectivity index (χ2n) is 17.2. The molecule has 13 rings (SSSR count). The molecule has 10 aromatic carbocycles. The van der Waals surface area contributed by atoms with Crippen LogP contribution in [0.3, 0.4) is 0 Å². The van der Waals surface area contributed by atoms with Gasteiger partial charge in [-0.1, -0.05) is 176 Å². The summed E-state index contributed by atoms with van der Waals surface area (Å²) < 4.78 is 9.19. The second-order valence-corrected chi connectivity index (χ2v) is 17.2. The molecule has 3 aromatic heterocycles. The predicted octanol–water partition coefficient (Wildman–Crippen LogP) is 16.5. The lowest BCUT2D eigenvalue weighted by atomic mass is 9.90. The van der Waals surface area contributed by atoms with E-state index in [2.05, 4.69) is 211 Å². The Morgan fingerprint density at radius 3 is 1.38 bits per heavy atom. The lowest BCUT2D eigenvalue weighted by Gasteiger charge is -2.16. The van der Waals surface area contributed by atoms with Crippen molar-refractivity contribution < 1.29 is 4.42 Å². The summed E-state index contributed by atoms with van der Waals surface area (Å²) in [5, 5.41) is 4.53. The number of para-hydroxylation sites is 2. The fourth-order valence-corrected chi connectivity index (χ4v) is 9.74. The maximum absolute atomic E-state index is 6.86. The second kappa shape index (κ2) is 16.4. The molecule has 0 saturated carbocycles. The molecule has 68 heavy (non-hydrogen) atoms. The summed E-state index contributed by atoms with van der Waals surface area (Å²) in [6, 6.07) is 85.3. The van der Waals surface area contributed by atoms with Gasteiger partial charge in [0.05, 0.1) is 11.0 Å². The molecule has 0 aliphatic rings. The molecule has 13 aromatic rings. The van der Waals surface area contributed by atoms with Gasteiger partial charge in [0, 0.05) is 50.0 Å². The van der Waals surface area contributed by atoms with Gasteiger partial charge in [-0.05, 0) is 105 Å². The van der Waals surface area contributed by atoms with Crippen molar-refractivity contribution in [1.82, 2.24) is 19.5 Å². The van der Waals surface area contributed by atoms with Gasteiger partial charge in [0.1, 0.15) is 11.2 Å². The number of fused-ring (bicyclic) bond motifs is 6. The number of hydrogen-bond acceptors (Lipinski definition) is 4. The fourth-order valence-electron chi connectivity index (χ4n) is 9.74. The topological polar surface area (TPSA) is 56.7 Å². The maximum atomic E-state index is 6.86. The molecule has 0 amide bonds.